The van der Waals surface area contributed by atoms with Gasteiger partial charge in [0.25, 0.3) is 0 Å². The third-order valence-corrected chi connectivity index (χ3v) is 1.42. The summed E-state index contributed by atoms with van der Waals surface area (Å²) in [6.45, 7) is 4.02. The van der Waals surface area contributed by atoms with Crippen LogP contribution in [0.5, 0.6) is 0 Å². The molecule has 0 amide bonds. The minimum atomic E-state index is 0.879. The first-order valence-electron chi connectivity index (χ1n) is 3.54. The lowest BCUT2D eigenvalue weighted by Gasteiger charge is -2.07. The van der Waals surface area contributed by atoms with E-state index in [0.29, 0.717) is 0 Å². The summed E-state index contributed by atoms with van der Waals surface area (Å²) in [5.74, 6) is 1.83. The van der Waals surface area contributed by atoms with Gasteiger partial charge in [-0.25, -0.2) is 0 Å². The van der Waals surface area contributed by atoms with Crippen LogP contribution in [-0.2, 0) is 9.47 Å². The van der Waals surface area contributed by atoms with Crippen molar-refractivity contribution in [3.8, 4) is 0 Å². The molecule has 0 saturated heterocycles. The van der Waals surface area contributed by atoms with Crippen molar-refractivity contribution in [3.63, 3.8) is 0 Å². The van der Waals surface area contributed by atoms with Crippen LogP contribution in [0, 0.1) is 0 Å². The molecule has 0 rings (SSSR count). The standard InChI is InChI=1S/C8H16O2/c1-5-6-8(10-4)7(2)9-3/h5-6H2,1-4H3. The molecule has 0 radical (unpaired) electrons. The van der Waals surface area contributed by atoms with Gasteiger partial charge >= 0.3 is 0 Å². The Balaban J connectivity index is 4.00. The first-order chi connectivity index (χ1) is 4.76. The van der Waals surface area contributed by atoms with E-state index >= 15 is 0 Å². The molecule has 0 aromatic heterocycles. The Morgan fingerprint density at radius 3 is 2.10 bits per heavy atom. The minimum Gasteiger partial charge on any atom is -0.498 e. The molecule has 0 aliphatic rings. The number of allylic oxidation sites excluding steroid dienone is 2. The third kappa shape index (κ3) is 2.76. The predicted octanol–water partition coefficient (Wildman–Crippen LogP) is 2.31. The smallest absolute Gasteiger partial charge is 0.133 e. The van der Waals surface area contributed by atoms with Gasteiger partial charge in [0.05, 0.1) is 14.2 Å². The molecule has 2 heteroatoms. The molecular formula is C8H16O2. The van der Waals surface area contributed by atoms with Crippen LogP contribution in [0.25, 0.3) is 0 Å². The Labute approximate surface area is 62.8 Å². The molecule has 0 spiro atoms. The van der Waals surface area contributed by atoms with Crippen LogP contribution in [0.4, 0.5) is 0 Å². The van der Waals surface area contributed by atoms with Crippen molar-refractivity contribution in [3.05, 3.63) is 11.5 Å². The molecule has 2 nitrogen and oxygen atoms in total. The van der Waals surface area contributed by atoms with Crippen molar-refractivity contribution >= 4 is 0 Å². The van der Waals surface area contributed by atoms with E-state index in [4.69, 9.17) is 9.47 Å². The van der Waals surface area contributed by atoms with Gasteiger partial charge in [-0.1, -0.05) is 6.92 Å². The molecule has 0 aliphatic carbocycles. The van der Waals surface area contributed by atoms with Gasteiger partial charge < -0.3 is 9.47 Å². The first kappa shape index (κ1) is 9.34. The van der Waals surface area contributed by atoms with Crippen molar-refractivity contribution in [2.75, 3.05) is 14.2 Å². The Morgan fingerprint density at radius 1 is 1.20 bits per heavy atom. The van der Waals surface area contributed by atoms with E-state index in [0.717, 1.165) is 24.4 Å². The van der Waals surface area contributed by atoms with Crippen LogP contribution in [-0.4, -0.2) is 14.2 Å². The maximum Gasteiger partial charge on any atom is 0.133 e. The second kappa shape index (κ2) is 5.15. The van der Waals surface area contributed by atoms with E-state index in [1.807, 2.05) is 6.92 Å². The van der Waals surface area contributed by atoms with E-state index in [1.165, 1.54) is 0 Å². The van der Waals surface area contributed by atoms with Gasteiger partial charge in [0.15, 0.2) is 0 Å². The highest BCUT2D eigenvalue weighted by molar-refractivity contribution is 4.97. The zero-order chi connectivity index (χ0) is 7.98. The number of hydrogen-bond acceptors (Lipinski definition) is 2. The molecular weight excluding hydrogens is 128 g/mol. The quantitative estimate of drug-likeness (QED) is 0.564. The lowest BCUT2D eigenvalue weighted by molar-refractivity contribution is 0.213. The van der Waals surface area contributed by atoms with Crippen molar-refractivity contribution in [1.82, 2.24) is 0 Å². The topological polar surface area (TPSA) is 18.5 Å². The maximum atomic E-state index is 5.10. The van der Waals surface area contributed by atoms with E-state index in [2.05, 4.69) is 6.92 Å². The van der Waals surface area contributed by atoms with Crippen LogP contribution in [0.15, 0.2) is 11.5 Å². The summed E-state index contributed by atoms with van der Waals surface area (Å²) in [5, 5.41) is 0. The predicted molar refractivity (Wildman–Crippen MR) is 41.6 cm³/mol. The Hall–Kier alpha value is -0.660. The van der Waals surface area contributed by atoms with Crippen molar-refractivity contribution in [2.24, 2.45) is 0 Å². The number of ether oxygens (including phenoxy) is 2. The monoisotopic (exact) mass is 144 g/mol. The van der Waals surface area contributed by atoms with Crippen molar-refractivity contribution in [2.45, 2.75) is 26.7 Å². The van der Waals surface area contributed by atoms with E-state index in [-0.39, 0.29) is 0 Å². The molecule has 0 aliphatic heterocycles. The molecule has 0 unspecified atom stereocenters. The Bertz CT molecular complexity index is 116. The maximum absolute atomic E-state index is 5.10. The van der Waals surface area contributed by atoms with E-state index in [9.17, 15) is 0 Å². The number of rotatable bonds is 4. The summed E-state index contributed by atoms with van der Waals surface area (Å²) < 4.78 is 10.1. The minimum absolute atomic E-state index is 0.879. The fraction of sp³-hybridized carbons (Fsp3) is 0.750. The summed E-state index contributed by atoms with van der Waals surface area (Å²) in [6, 6.07) is 0. The zero-order valence-corrected chi connectivity index (χ0v) is 7.23. The van der Waals surface area contributed by atoms with Gasteiger partial charge in [-0.15, -0.1) is 0 Å². The summed E-state index contributed by atoms with van der Waals surface area (Å²) in [6.07, 6.45) is 2.04. The lowest BCUT2D eigenvalue weighted by atomic mass is 10.2. The summed E-state index contributed by atoms with van der Waals surface area (Å²) in [7, 11) is 3.33. The van der Waals surface area contributed by atoms with Crippen LogP contribution in [0.2, 0.25) is 0 Å². The molecule has 60 valence electrons. The Kier molecular flexibility index (Phi) is 4.81. The summed E-state index contributed by atoms with van der Waals surface area (Å²) in [4.78, 5) is 0. The second-order valence-electron chi connectivity index (χ2n) is 2.14. The van der Waals surface area contributed by atoms with Gasteiger partial charge in [0.1, 0.15) is 11.5 Å². The number of hydrogen-bond donors (Lipinski definition) is 0. The molecule has 0 bridgehead atoms. The van der Waals surface area contributed by atoms with Gasteiger partial charge in [-0.2, -0.15) is 0 Å². The van der Waals surface area contributed by atoms with Crippen molar-refractivity contribution in [1.29, 1.82) is 0 Å². The van der Waals surface area contributed by atoms with E-state index in [1.54, 1.807) is 14.2 Å². The summed E-state index contributed by atoms with van der Waals surface area (Å²) in [5.41, 5.74) is 0. The highest BCUT2D eigenvalue weighted by Crippen LogP contribution is 2.11. The molecule has 0 fully saturated rings. The molecule has 0 atom stereocenters. The summed E-state index contributed by atoms with van der Waals surface area (Å²) >= 11 is 0. The fourth-order valence-corrected chi connectivity index (χ4v) is 0.763. The Morgan fingerprint density at radius 2 is 1.80 bits per heavy atom. The molecule has 0 aromatic rings. The number of methoxy groups -OCH3 is 2. The fourth-order valence-electron chi connectivity index (χ4n) is 0.763. The average Bonchev–Trinajstić information content (AvgIpc) is 1.99. The van der Waals surface area contributed by atoms with Crippen LogP contribution in [0.1, 0.15) is 26.7 Å². The lowest BCUT2D eigenvalue weighted by Crippen LogP contribution is -1.93. The molecule has 0 aromatic carbocycles. The van der Waals surface area contributed by atoms with Gasteiger partial charge in [0.2, 0.25) is 0 Å². The normalized spacial score (nSPS) is 12.4. The van der Waals surface area contributed by atoms with Gasteiger partial charge in [-0.05, 0) is 13.3 Å². The molecule has 10 heavy (non-hydrogen) atoms. The van der Waals surface area contributed by atoms with Crippen LogP contribution >= 0.6 is 0 Å². The van der Waals surface area contributed by atoms with Gasteiger partial charge in [-0.3, -0.25) is 0 Å². The first-order valence-corrected chi connectivity index (χ1v) is 3.54. The average molecular weight is 144 g/mol. The molecule has 0 heterocycles. The van der Waals surface area contributed by atoms with Gasteiger partial charge in [0, 0.05) is 6.42 Å². The third-order valence-electron chi connectivity index (χ3n) is 1.42. The second-order valence-corrected chi connectivity index (χ2v) is 2.14. The van der Waals surface area contributed by atoms with E-state index < -0.39 is 0 Å². The zero-order valence-electron chi connectivity index (χ0n) is 7.23. The SMILES string of the molecule is CCCC(OC)=C(C)OC. The van der Waals surface area contributed by atoms with Crippen LogP contribution < -0.4 is 0 Å². The molecule has 0 N–H and O–H groups in total. The highest BCUT2D eigenvalue weighted by atomic mass is 16.5. The molecule has 0 saturated carbocycles. The van der Waals surface area contributed by atoms with Crippen molar-refractivity contribution < 1.29 is 9.47 Å². The largest absolute Gasteiger partial charge is 0.498 e. The highest BCUT2D eigenvalue weighted by Gasteiger charge is 1.99. The van der Waals surface area contributed by atoms with Crippen LogP contribution in [0.3, 0.4) is 0 Å².